The fraction of sp³-hybridized carbons (Fsp3) is 0.500. The van der Waals surface area contributed by atoms with Crippen LogP contribution in [0.2, 0.25) is 0 Å². The van der Waals surface area contributed by atoms with Crippen LogP contribution in [0.5, 0.6) is 0 Å². The Labute approximate surface area is 113 Å². The zero-order valence-corrected chi connectivity index (χ0v) is 11.0. The van der Waals surface area contributed by atoms with Crippen molar-refractivity contribution in [2.75, 3.05) is 6.61 Å². The molecule has 8 nitrogen and oxygen atoms in total. The Bertz CT molecular complexity index is 448. The van der Waals surface area contributed by atoms with Crippen molar-refractivity contribution in [3.05, 3.63) is 11.9 Å². The summed E-state index contributed by atoms with van der Waals surface area (Å²) in [5, 5.41) is 11.2. The molecule has 0 aliphatic rings. The van der Waals surface area contributed by atoms with E-state index < -0.39 is 23.9 Å². The average Bonchev–Trinajstić information content (AvgIpc) is 2.88. The van der Waals surface area contributed by atoms with Crippen molar-refractivity contribution in [3.8, 4) is 0 Å². The smallest absolute Gasteiger partial charge is 0.326 e. The molecule has 1 atom stereocenters. The first-order chi connectivity index (χ1) is 9.04. The van der Waals surface area contributed by atoms with Crippen molar-refractivity contribution < 1.29 is 24.2 Å². The van der Waals surface area contributed by atoms with Crippen molar-refractivity contribution in [1.29, 1.82) is 0 Å². The molecule has 0 saturated heterocycles. The standard InChI is InChI=1S/C10H13N3O5S/c1-2-18-8(14)4-3-6(10(16)17)12-9(15)7-5-11-19-13-7/h5-6H,2-4H2,1H3,(H,12,15)(H,16,17)/t6-/m0/s1. The summed E-state index contributed by atoms with van der Waals surface area (Å²) in [6.45, 7) is 1.89. The monoisotopic (exact) mass is 287 g/mol. The lowest BCUT2D eigenvalue weighted by atomic mass is 10.1. The van der Waals surface area contributed by atoms with E-state index in [-0.39, 0.29) is 25.1 Å². The second-order valence-electron chi connectivity index (χ2n) is 3.50. The first kappa shape index (κ1) is 15.0. The number of ether oxygens (including phenoxy) is 1. The third-order valence-corrected chi connectivity index (χ3v) is 2.62. The summed E-state index contributed by atoms with van der Waals surface area (Å²) >= 11 is 0.846. The Hall–Kier alpha value is -2.03. The number of hydrogen-bond acceptors (Lipinski definition) is 7. The van der Waals surface area contributed by atoms with E-state index in [1.807, 2.05) is 0 Å². The number of nitrogens with zero attached hydrogens (tertiary/aromatic N) is 2. The number of hydrogen-bond donors (Lipinski definition) is 2. The maximum Gasteiger partial charge on any atom is 0.326 e. The Morgan fingerprint density at radius 2 is 2.26 bits per heavy atom. The van der Waals surface area contributed by atoms with Crippen LogP contribution in [0.15, 0.2) is 6.20 Å². The highest BCUT2D eigenvalue weighted by Crippen LogP contribution is 2.02. The van der Waals surface area contributed by atoms with E-state index in [4.69, 9.17) is 5.11 Å². The van der Waals surface area contributed by atoms with Crippen LogP contribution >= 0.6 is 11.7 Å². The Morgan fingerprint density at radius 3 is 2.79 bits per heavy atom. The van der Waals surface area contributed by atoms with Gasteiger partial charge in [0.1, 0.15) is 6.04 Å². The molecule has 1 rings (SSSR count). The minimum absolute atomic E-state index is 0.0442. The van der Waals surface area contributed by atoms with Crippen LogP contribution in [0.4, 0.5) is 0 Å². The van der Waals surface area contributed by atoms with Gasteiger partial charge in [-0.1, -0.05) is 0 Å². The summed E-state index contributed by atoms with van der Waals surface area (Å²) < 4.78 is 12.0. The van der Waals surface area contributed by atoms with Gasteiger partial charge in [-0.15, -0.1) is 0 Å². The molecule has 104 valence electrons. The van der Waals surface area contributed by atoms with E-state index in [9.17, 15) is 14.4 Å². The summed E-state index contributed by atoms with van der Waals surface area (Å²) in [5.74, 6) is -2.36. The van der Waals surface area contributed by atoms with E-state index in [1.54, 1.807) is 6.92 Å². The maximum absolute atomic E-state index is 11.6. The van der Waals surface area contributed by atoms with Crippen molar-refractivity contribution in [2.45, 2.75) is 25.8 Å². The van der Waals surface area contributed by atoms with E-state index in [2.05, 4.69) is 18.8 Å². The van der Waals surface area contributed by atoms with Gasteiger partial charge in [0.25, 0.3) is 5.91 Å². The van der Waals surface area contributed by atoms with Crippen molar-refractivity contribution in [3.63, 3.8) is 0 Å². The number of carbonyl (C=O) groups excluding carboxylic acids is 2. The molecule has 0 bridgehead atoms. The molecule has 0 spiro atoms. The molecule has 19 heavy (non-hydrogen) atoms. The summed E-state index contributed by atoms with van der Waals surface area (Å²) in [6.07, 6.45) is 1.11. The first-order valence-electron chi connectivity index (χ1n) is 5.51. The van der Waals surface area contributed by atoms with Gasteiger partial charge < -0.3 is 15.2 Å². The van der Waals surface area contributed by atoms with Crippen LogP contribution in [0, 0.1) is 0 Å². The maximum atomic E-state index is 11.6. The molecule has 1 amide bonds. The van der Waals surface area contributed by atoms with Crippen LogP contribution in [0.1, 0.15) is 30.3 Å². The molecular weight excluding hydrogens is 274 g/mol. The van der Waals surface area contributed by atoms with Crippen LogP contribution in [-0.2, 0) is 14.3 Å². The lowest BCUT2D eigenvalue weighted by Gasteiger charge is -2.12. The number of aromatic nitrogens is 2. The molecule has 0 aromatic carbocycles. The highest BCUT2D eigenvalue weighted by atomic mass is 32.1. The van der Waals surface area contributed by atoms with Crippen molar-refractivity contribution >= 4 is 29.6 Å². The van der Waals surface area contributed by atoms with Gasteiger partial charge in [-0.05, 0) is 13.3 Å². The fourth-order valence-corrected chi connectivity index (χ4v) is 1.66. The van der Waals surface area contributed by atoms with E-state index in [1.165, 1.54) is 6.20 Å². The van der Waals surface area contributed by atoms with Gasteiger partial charge in [-0.3, -0.25) is 9.59 Å². The first-order valence-corrected chi connectivity index (χ1v) is 6.24. The topological polar surface area (TPSA) is 118 Å². The van der Waals surface area contributed by atoms with Crippen LogP contribution in [-0.4, -0.2) is 44.3 Å². The zero-order valence-electron chi connectivity index (χ0n) is 10.2. The summed E-state index contributed by atoms with van der Waals surface area (Å²) in [7, 11) is 0. The molecule has 0 unspecified atom stereocenters. The number of esters is 1. The van der Waals surface area contributed by atoms with Gasteiger partial charge in [-0.25, -0.2) is 4.79 Å². The molecule has 0 aliphatic heterocycles. The normalized spacial score (nSPS) is 11.6. The zero-order chi connectivity index (χ0) is 14.3. The van der Waals surface area contributed by atoms with Crippen LogP contribution in [0.3, 0.4) is 0 Å². The second-order valence-corrected chi connectivity index (χ2v) is 4.06. The molecule has 0 saturated carbocycles. The second kappa shape index (κ2) is 7.41. The number of aliphatic carboxylic acids is 1. The Morgan fingerprint density at radius 1 is 1.53 bits per heavy atom. The molecule has 1 aromatic rings. The number of carbonyl (C=O) groups is 3. The third kappa shape index (κ3) is 5.00. The van der Waals surface area contributed by atoms with Gasteiger partial charge in [-0.2, -0.15) is 8.75 Å². The Kier molecular flexibility index (Phi) is 5.86. The quantitative estimate of drug-likeness (QED) is 0.681. The molecule has 2 N–H and O–H groups in total. The van der Waals surface area contributed by atoms with Gasteiger partial charge >= 0.3 is 11.9 Å². The van der Waals surface area contributed by atoms with Crippen molar-refractivity contribution in [2.24, 2.45) is 0 Å². The minimum Gasteiger partial charge on any atom is -0.480 e. The average molecular weight is 287 g/mol. The molecule has 1 heterocycles. The number of carboxylic acids is 1. The van der Waals surface area contributed by atoms with Crippen molar-refractivity contribution in [1.82, 2.24) is 14.1 Å². The molecule has 9 heteroatoms. The van der Waals surface area contributed by atoms with Gasteiger partial charge in [0.15, 0.2) is 5.69 Å². The van der Waals surface area contributed by atoms with E-state index in [0.717, 1.165) is 11.7 Å². The predicted molar refractivity (Wildman–Crippen MR) is 64.7 cm³/mol. The number of amides is 1. The molecular formula is C10H13N3O5S. The largest absolute Gasteiger partial charge is 0.480 e. The number of rotatable bonds is 7. The Balaban J connectivity index is 2.51. The minimum atomic E-state index is -1.22. The van der Waals surface area contributed by atoms with Crippen LogP contribution in [0.25, 0.3) is 0 Å². The van der Waals surface area contributed by atoms with E-state index in [0.29, 0.717) is 0 Å². The predicted octanol–water partition coefficient (Wildman–Crippen LogP) is 0.0644. The number of carboxylic acid groups (broad SMARTS) is 1. The highest BCUT2D eigenvalue weighted by molar-refractivity contribution is 6.99. The lowest BCUT2D eigenvalue weighted by molar-refractivity contribution is -0.144. The lowest BCUT2D eigenvalue weighted by Crippen LogP contribution is -2.41. The summed E-state index contributed by atoms with van der Waals surface area (Å²) in [4.78, 5) is 33.7. The van der Waals surface area contributed by atoms with Gasteiger partial charge in [0, 0.05) is 6.42 Å². The summed E-state index contributed by atoms with van der Waals surface area (Å²) in [5.41, 5.74) is 0.0485. The van der Waals surface area contributed by atoms with Crippen LogP contribution < -0.4 is 5.32 Å². The molecule has 0 fully saturated rings. The highest BCUT2D eigenvalue weighted by Gasteiger charge is 2.22. The number of nitrogens with one attached hydrogen (secondary N) is 1. The summed E-state index contributed by atoms with van der Waals surface area (Å²) in [6, 6.07) is -1.17. The third-order valence-electron chi connectivity index (χ3n) is 2.14. The molecule has 1 aromatic heterocycles. The SMILES string of the molecule is CCOC(=O)CC[C@H](NC(=O)c1cnsn1)C(=O)O. The van der Waals surface area contributed by atoms with Gasteiger partial charge in [0.05, 0.1) is 24.5 Å². The molecule has 0 radical (unpaired) electrons. The van der Waals surface area contributed by atoms with E-state index >= 15 is 0 Å². The fourth-order valence-electron chi connectivity index (χ4n) is 1.25. The molecule has 0 aliphatic carbocycles. The van der Waals surface area contributed by atoms with Gasteiger partial charge in [0.2, 0.25) is 0 Å².